The van der Waals surface area contributed by atoms with Crippen molar-refractivity contribution in [1.29, 1.82) is 0 Å². The van der Waals surface area contributed by atoms with Crippen molar-refractivity contribution < 1.29 is 22.8 Å². The second-order valence-electron chi connectivity index (χ2n) is 5.64. The molecule has 0 aliphatic rings. The first-order valence-corrected chi connectivity index (χ1v) is 7.90. The third-order valence-electron chi connectivity index (χ3n) is 3.59. The number of hydrogen-bond donors (Lipinski definition) is 1. The van der Waals surface area contributed by atoms with Crippen LogP contribution in [-0.4, -0.2) is 34.4 Å². The van der Waals surface area contributed by atoms with Crippen LogP contribution in [-0.2, 0) is 11.3 Å². The zero-order chi connectivity index (χ0) is 19.3. The number of carbonyl (C=O) groups is 2. The van der Waals surface area contributed by atoms with Gasteiger partial charge in [-0.1, -0.05) is 18.2 Å². The van der Waals surface area contributed by atoms with Gasteiger partial charge in [0.15, 0.2) is 0 Å². The summed E-state index contributed by atoms with van der Waals surface area (Å²) in [6.45, 7) is 2.94. The summed E-state index contributed by atoms with van der Waals surface area (Å²) in [6.07, 6.45) is -4.92. The van der Waals surface area contributed by atoms with Crippen molar-refractivity contribution in [2.24, 2.45) is 0 Å². The number of aromatic nitrogens is 1. The highest BCUT2D eigenvalue weighted by Gasteiger charge is 2.41. The summed E-state index contributed by atoms with van der Waals surface area (Å²) in [6, 6.07) is 11.4. The van der Waals surface area contributed by atoms with Gasteiger partial charge >= 0.3 is 12.1 Å². The van der Waals surface area contributed by atoms with Crippen LogP contribution in [0.15, 0.2) is 42.5 Å². The largest absolute Gasteiger partial charge is 0.471 e. The van der Waals surface area contributed by atoms with E-state index in [2.05, 4.69) is 10.3 Å². The molecule has 8 heteroatoms. The Kier molecular flexibility index (Phi) is 5.97. The van der Waals surface area contributed by atoms with Gasteiger partial charge in [-0.25, -0.2) is 4.98 Å². The van der Waals surface area contributed by atoms with Crippen molar-refractivity contribution in [2.75, 3.05) is 11.9 Å². The molecule has 0 spiro atoms. The number of nitrogens with one attached hydrogen (secondary N) is 1. The third kappa shape index (κ3) is 5.05. The zero-order valence-corrected chi connectivity index (χ0v) is 14.3. The van der Waals surface area contributed by atoms with Gasteiger partial charge < -0.3 is 10.2 Å². The Morgan fingerprint density at radius 1 is 1.15 bits per heavy atom. The van der Waals surface area contributed by atoms with Crippen molar-refractivity contribution in [1.82, 2.24) is 9.88 Å². The third-order valence-corrected chi connectivity index (χ3v) is 3.59. The highest BCUT2D eigenvalue weighted by Crippen LogP contribution is 2.21. The molecule has 0 aliphatic carbocycles. The molecule has 0 saturated carbocycles. The van der Waals surface area contributed by atoms with Crippen molar-refractivity contribution in [3.63, 3.8) is 0 Å². The average molecular weight is 365 g/mol. The molecule has 0 fully saturated rings. The van der Waals surface area contributed by atoms with E-state index in [1.54, 1.807) is 43.3 Å². The first kappa shape index (κ1) is 19.4. The first-order valence-electron chi connectivity index (χ1n) is 7.90. The normalized spacial score (nSPS) is 11.1. The number of amides is 2. The Morgan fingerprint density at radius 2 is 1.85 bits per heavy atom. The van der Waals surface area contributed by atoms with Gasteiger partial charge in [0, 0.05) is 24.5 Å². The van der Waals surface area contributed by atoms with E-state index in [1.807, 2.05) is 0 Å². The number of aryl methyl sites for hydroxylation is 1. The molecule has 0 radical (unpaired) electrons. The summed E-state index contributed by atoms with van der Waals surface area (Å²) in [5, 5.41) is 2.65. The van der Waals surface area contributed by atoms with Gasteiger partial charge in [-0.2, -0.15) is 13.2 Å². The topological polar surface area (TPSA) is 62.3 Å². The van der Waals surface area contributed by atoms with E-state index in [9.17, 15) is 22.8 Å². The van der Waals surface area contributed by atoms with E-state index in [4.69, 9.17) is 0 Å². The Hall–Kier alpha value is -2.90. The molecule has 26 heavy (non-hydrogen) atoms. The molecule has 0 saturated heterocycles. The molecule has 0 unspecified atom stereocenters. The fourth-order valence-corrected chi connectivity index (χ4v) is 2.34. The fraction of sp³-hybridized carbons (Fsp3) is 0.278. The number of anilines is 1. The van der Waals surface area contributed by atoms with Gasteiger partial charge in [0.2, 0.25) is 0 Å². The van der Waals surface area contributed by atoms with Crippen molar-refractivity contribution in [3.8, 4) is 0 Å². The second-order valence-corrected chi connectivity index (χ2v) is 5.64. The smallest absolute Gasteiger partial charge is 0.331 e. The highest BCUT2D eigenvalue weighted by atomic mass is 19.4. The number of alkyl halides is 3. The lowest BCUT2D eigenvalue weighted by molar-refractivity contribution is -0.185. The molecule has 1 N–H and O–H groups in total. The monoisotopic (exact) mass is 365 g/mol. The minimum Gasteiger partial charge on any atom is -0.331 e. The fourth-order valence-electron chi connectivity index (χ4n) is 2.34. The van der Waals surface area contributed by atoms with E-state index < -0.39 is 18.0 Å². The Morgan fingerprint density at radius 3 is 2.46 bits per heavy atom. The molecule has 0 bridgehead atoms. The van der Waals surface area contributed by atoms with Crippen LogP contribution in [0.4, 0.5) is 18.9 Å². The quantitative estimate of drug-likeness (QED) is 0.881. The first-order chi connectivity index (χ1) is 12.2. The molecule has 138 valence electrons. The van der Waals surface area contributed by atoms with Gasteiger partial charge in [-0.05, 0) is 43.7 Å². The van der Waals surface area contributed by atoms with Gasteiger partial charge in [-0.3, -0.25) is 9.59 Å². The molecule has 2 rings (SSSR count). The van der Waals surface area contributed by atoms with E-state index in [0.29, 0.717) is 21.8 Å². The van der Waals surface area contributed by atoms with Crippen LogP contribution >= 0.6 is 0 Å². The predicted molar refractivity (Wildman–Crippen MR) is 90.5 cm³/mol. The van der Waals surface area contributed by atoms with E-state index in [-0.39, 0.29) is 18.8 Å². The number of nitrogens with zero attached hydrogens (tertiary/aromatic N) is 2. The molecule has 1 aromatic heterocycles. The molecule has 5 nitrogen and oxygen atoms in total. The van der Waals surface area contributed by atoms with Crippen LogP contribution < -0.4 is 5.32 Å². The lowest BCUT2D eigenvalue weighted by Gasteiger charge is -2.22. The molecule has 0 aliphatic heterocycles. The highest BCUT2D eigenvalue weighted by molar-refractivity contribution is 6.02. The van der Waals surface area contributed by atoms with Gasteiger partial charge in [-0.15, -0.1) is 0 Å². The minimum atomic E-state index is -4.92. The summed E-state index contributed by atoms with van der Waals surface area (Å²) in [5.74, 6) is -2.32. The molecular formula is C18H18F3N3O2. The number of benzene rings is 1. The van der Waals surface area contributed by atoms with Crippen LogP contribution in [0, 0.1) is 6.92 Å². The van der Waals surface area contributed by atoms with Crippen LogP contribution in [0.5, 0.6) is 0 Å². The van der Waals surface area contributed by atoms with Crippen molar-refractivity contribution >= 4 is 17.5 Å². The van der Waals surface area contributed by atoms with Gasteiger partial charge in [0.05, 0.1) is 0 Å². The van der Waals surface area contributed by atoms with E-state index >= 15 is 0 Å². The number of rotatable bonds is 5. The standard InChI is InChI=1S/C18H18F3N3O2/c1-3-24(17(26)18(19,20)21)11-13-7-5-8-14(10-13)23-16(25)15-9-4-6-12(2)22-15/h4-10H,3,11H2,1-2H3,(H,23,25). The van der Waals surface area contributed by atoms with Crippen molar-refractivity contribution in [3.05, 3.63) is 59.4 Å². The van der Waals surface area contributed by atoms with Crippen LogP contribution in [0.3, 0.4) is 0 Å². The molecule has 2 aromatic rings. The number of hydrogen-bond acceptors (Lipinski definition) is 3. The number of pyridine rings is 1. The van der Waals surface area contributed by atoms with Crippen LogP contribution in [0.1, 0.15) is 28.7 Å². The summed E-state index contributed by atoms with van der Waals surface area (Å²) in [4.78, 5) is 28.4. The number of carbonyl (C=O) groups excluding carboxylic acids is 2. The maximum Gasteiger partial charge on any atom is 0.471 e. The predicted octanol–water partition coefficient (Wildman–Crippen LogP) is 3.55. The minimum absolute atomic E-state index is 0.0812. The summed E-state index contributed by atoms with van der Waals surface area (Å²) in [7, 11) is 0. The molecular weight excluding hydrogens is 347 g/mol. The van der Waals surface area contributed by atoms with Crippen molar-refractivity contribution in [2.45, 2.75) is 26.6 Å². The SMILES string of the molecule is CCN(Cc1cccc(NC(=O)c2cccc(C)n2)c1)C(=O)C(F)(F)F. The van der Waals surface area contributed by atoms with Gasteiger partial charge in [0.1, 0.15) is 5.69 Å². The van der Waals surface area contributed by atoms with Crippen LogP contribution in [0.2, 0.25) is 0 Å². The summed E-state index contributed by atoms with van der Waals surface area (Å²) in [5.41, 5.74) is 1.80. The maximum absolute atomic E-state index is 12.6. The Balaban J connectivity index is 2.12. The van der Waals surface area contributed by atoms with E-state index in [0.717, 1.165) is 0 Å². The van der Waals surface area contributed by atoms with Gasteiger partial charge in [0.25, 0.3) is 5.91 Å². The van der Waals surface area contributed by atoms with E-state index in [1.165, 1.54) is 13.0 Å². The zero-order valence-electron chi connectivity index (χ0n) is 14.3. The van der Waals surface area contributed by atoms with Crippen LogP contribution in [0.25, 0.3) is 0 Å². The lowest BCUT2D eigenvalue weighted by atomic mass is 10.1. The molecule has 2 amide bonds. The summed E-state index contributed by atoms with van der Waals surface area (Å²) < 4.78 is 37.8. The molecule has 0 atom stereocenters. The molecule has 1 heterocycles. The Bertz CT molecular complexity index is 806. The Labute approximate surface area is 148 Å². The second kappa shape index (κ2) is 7.99. The average Bonchev–Trinajstić information content (AvgIpc) is 2.58. The lowest BCUT2D eigenvalue weighted by Crippen LogP contribution is -2.40. The maximum atomic E-state index is 12.6. The molecule has 1 aromatic carbocycles. The summed E-state index contributed by atoms with van der Waals surface area (Å²) >= 11 is 0. The number of halogens is 3.